The van der Waals surface area contributed by atoms with Gasteiger partial charge in [0, 0.05) is 13.1 Å². The molecule has 1 aliphatic heterocycles. The quantitative estimate of drug-likeness (QED) is 0.794. The Balaban J connectivity index is 1.90. The minimum atomic E-state index is 0.299. The minimum absolute atomic E-state index is 0.299. The molecule has 2 unspecified atom stereocenters. The second-order valence-corrected chi connectivity index (χ2v) is 5.96. The number of aryl methyl sites for hydroxylation is 1. The highest BCUT2D eigenvalue weighted by Crippen LogP contribution is 2.37. The van der Waals surface area contributed by atoms with Gasteiger partial charge < -0.3 is 10.6 Å². The molecule has 1 aromatic rings. The molecule has 0 spiro atoms. The Morgan fingerprint density at radius 2 is 1.89 bits per heavy atom. The van der Waals surface area contributed by atoms with Gasteiger partial charge in [0.1, 0.15) is 0 Å². The molecule has 2 fully saturated rings. The van der Waals surface area contributed by atoms with Crippen molar-refractivity contribution in [2.45, 2.75) is 32.6 Å². The summed E-state index contributed by atoms with van der Waals surface area (Å²) in [4.78, 5) is 10.8. The molecule has 1 aliphatic carbocycles. The highest BCUT2D eigenvalue weighted by atomic mass is 35.5. The molecular formula is C13H19ClN4. The van der Waals surface area contributed by atoms with Gasteiger partial charge >= 0.3 is 0 Å². The third kappa shape index (κ3) is 2.14. The van der Waals surface area contributed by atoms with E-state index in [1.165, 1.54) is 25.7 Å². The molecule has 2 atom stereocenters. The van der Waals surface area contributed by atoms with Crippen LogP contribution in [0.5, 0.6) is 0 Å². The summed E-state index contributed by atoms with van der Waals surface area (Å²) >= 11 is 5.96. The van der Waals surface area contributed by atoms with Gasteiger partial charge in [-0.3, -0.25) is 0 Å². The topological polar surface area (TPSA) is 55.0 Å². The second kappa shape index (κ2) is 4.57. The number of hydrogen-bond donors (Lipinski definition) is 1. The highest BCUT2D eigenvalue weighted by molar-refractivity contribution is 6.28. The van der Waals surface area contributed by atoms with Gasteiger partial charge in [-0.25, -0.2) is 4.98 Å². The van der Waals surface area contributed by atoms with E-state index in [4.69, 9.17) is 17.3 Å². The van der Waals surface area contributed by atoms with E-state index < -0.39 is 0 Å². The highest BCUT2D eigenvalue weighted by Gasteiger charge is 2.32. The van der Waals surface area contributed by atoms with Crippen LogP contribution >= 0.6 is 11.6 Å². The number of aromatic nitrogens is 2. The number of piperidine rings is 1. The summed E-state index contributed by atoms with van der Waals surface area (Å²) in [5.74, 6) is 2.43. The zero-order valence-electron chi connectivity index (χ0n) is 10.7. The van der Waals surface area contributed by atoms with Crippen LogP contribution in [0.1, 0.15) is 31.4 Å². The van der Waals surface area contributed by atoms with Crippen LogP contribution in [-0.4, -0.2) is 23.1 Å². The number of halogens is 1. The Hall–Kier alpha value is -1.03. The lowest BCUT2D eigenvalue weighted by atomic mass is 9.78. The van der Waals surface area contributed by atoms with Crippen molar-refractivity contribution in [3.05, 3.63) is 11.0 Å². The normalized spacial score (nSPS) is 27.3. The van der Waals surface area contributed by atoms with E-state index in [-0.39, 0.29) is 0 Å². The lowest BCUT2D eigenvalue weighted by molar-refractivity contribution is 0.230. The Labute approximate surface area is 113 Å². The number of nitrogens with zero attached hydrogens (tertiary/aromatic N) is 3. The molecule has 1 aromatic heterocycles. The van der Waals surface area contributed by atoms with Gasteiger partial charge in [-0.15, -0.1) is 0 Å². The van der Waals surface area contributed by atoms with E-state index in [2.05, 4.69) is 14.9 Å². The Bertz CT molecular complexity index is 451. The molecular weight excluding hydrogens is 248 g/mol. The summed E-state index contributed by atoms with van der Waals surface area (Å²) in [5, 5.41) is 0.299. The number of anilines is 2. The van der Waals surface area contributed by atoms with Crippen molar-refractivity contribution in [2.75, 3.05) is 23.7 Å². The van der Waals surface area contributed by atoms with Gasteiger partial charge in [-0.2, -0.15) is 4.98 Å². The average molecular weight is 267 g/mol. The molecule has 5 heteroatoms. The first kappa shape index (κ1) is 12.0. The van der Waals surface area contributed by atoms with Gasteiger partial charge in [0.05, 0.1) is 11.4 Å². The molecule has 0 radical (unpaired) electrons. The van der Waals surface area contributed by atoms with Crippen molar-refractivity contribution in [2.24, 2.45) is 11.8 Å². The van der Waals surface area contributed by atoms with Crippen molar-refractivity contribution in [1.82, 2.24) is 9.97 Å². The minimum Gasteiger partial charge on any atom is -0.394 e. The third-order valence-corrected chi connectivity index (χ3v) is 4.41. The number of rotatable bonds is 1. The molecule has 2 N–H and O–H groups in total. The predicted molar refractivity (Wildman–Crippen MR) is 73.9 cm³/mol. The molecule has 2 bridgehead atoms. The molecule has 0 amide bonds. The lowest BCUT2D eigenvalue weighted by Gasteiger charge is -2.42. The van der Waals surface area contributed by atoms with E-state index in [0.29, 0.717) is 11.0 Å². The molecule has 18 heavy (non-hydrogen) atoms. The van der Waals surface area contributed by atoms with Crippen LogP contribution in [0.15, 0.2) is 0 Å². The molecule has 1 saturated heterocycles. The van der Waals surface area contributed by atoms with E-state index in [1.54, 1.807) is 0 Å². The molecule has 2 heterocycles. The summed E-state index contributed by atoms with van der Waals surface area (Å²) < 4.78 is 0. The van der Waals surface area contributed by atoms with Crippen LogP contribution in [0.3, 0.4) is 0 Å². The predicted octanol–water partition coefficient (Wildman–Crippen LogP) is 2.65. The van der Waals surface area contributed by atoms with Crippen LogP contribution in [-0.2, 0) is 0 Å². The fraction of sp³-hybridized carbons (Fsp3) is 0.692. The fourth-order valence-corrected chi connectivity index (χ4v) is 3.59. The number of nitrogens with two attached hydrogens (primary N) is 1. The van der Waals surface area contributed by atoms with Crippen LogP contribution in [0.4, 0.5) is 11.5 Å². The Morgan fingerprint density at radius 3 is 2.56 bits per heavy atom. The van der Waals surface area contributed by atoms with Crippen molar-refractivity contribution in [3.8, 4) is 0 Å². The summed E-state index contributed by atoms with van der Waals surface area (Å²) in [6, 6.07) is 0. The standard InChI is InChI=1S/C13H19ClN4/c1-8-11(15)12(17-13(14)16-8)18-6-9-3-2-4-10(5-9)7-18/h9-10H,2-7,15H2,1H3. The van der Waals surface area contributed by atoms with E-state index in [9.17, 15) is 0 Å². The lowest BCUT2D eigenvalue weighted by Crippen LogP contribution is -2.43. The molecule has 98 valence electrons. The summed E-state index contributed by atoms with van der Waals surface area (Å²) in [5.41, 5.74) is 7.57. The first-order valence-corrected chi connectivity index (χ1v) is 7.06. The van der Waals surface area contributed by atoms with Crippen molar-refractivity contribution in [1.29, 1.82) is 0 Å². The molecule has 3 rings (SSSR count). The van der Waals surface area contributed by atoms with Crippen LogP contribution in [0.25, 0.3) is 0 Å². The van der Waals surface area contributed by atoms with Crippen molar-refractivity contribution < 1.29 is 0 Å². The maximum Gasteiger partial charge on any atom is 0.224 e. The third-order valence-electron chi connectivity index (χ3n) is 4.24. The second-order valence-electron chi connectivity index (χ2n) is 5.62. The SMILES string of the molecule is Cc1nc(Cl)nc(N2CC3CCCC(C3)C2)c1N. The van der Waals surface area contributed by atoms with E-state index in [1.807, 2.05) is 6.92 Å². The van der Waals surface area contributed by atoms with Crippen molar-refractivity contribution in [3.63, 3.8) is 0 Å². The van der Waals surface area contributed by atoms with E-state index >= 15 is 0 Å². The van der Waals surface area contributed by atoms with Gasteiger partial charge in [0.15, 0.2) is 5.82 Å². The molecule has 1 saturated carbocycles. The zero-order valence-corrected chi connectivity index (χ0v) is 11.5. The van der Waals surface area contributed by atoms with Crippen LogP contribution in [0.2, 0.25) is 5.28 Å². The monoisotopic (exact) mass is 266 g/mol. The first-order valence-electron chi connectivity index (χ1n) is 6.68. The molecule has 0 aromatic carbocycles. The number of fused-ring (bicyclic) bond motifs is 2. The maximum absolute atomic E-state index is 6.11. The summed E-state index contributed by atoms with van der Waals surface area (Å²) in [6.45, 7) is 4.01. The average Bonchev–Trinajstić information content (AvgIpc) is 2.33. The Morgan fingerprint density at radius 1 is 1.22 bits per heavy atom. The summed E-state index contributed by atoms with van der Waals surface area (Å²) in [6.07, 6.45) is 5.42. The van der Waals surface area contributed by atoms with Gasteiger partial charge in [0.25, 0.3) is 0 Å². The molecule has 2 aliphatic rings. The van der Waals surface area contributed by atoms with Crippen LogP contribution < -0.4 is 10.6 Å². The van der Waals surface area contributed by atoms with Gasteiger partial charge in [-0.05, 0) is 49.6 Å². The first-order chi connectivity index (χ1) is 8.63. The van der Waals surface area contributed by atoms with Crippen LogP contribution in [0, 0.1) is 18.8 Å². The largest absolute Gasteiger partial charge is 0.394 e. The summed E-state index contributed by atoms with van der Waals surface area (Å²) in [7, 11) is 0. The van der Waals surface area contributed by atoms with Gasteiger partial charge in [0.2, 0.25) is 5.28 Å². The zero-order chi connectivity index (χ0) is 12.7. The van der Waals surface area contributed by atoms with Gasteiger partial charge in [-0.1, -0.05) is 6.42 Å². The van der Waals surface area contributed by atoms with Crippen molar-refractivity contribution >= 4 is 23.1 Å². The number of hydrogen-bond acceptors (Lipinski definition) is 4. The number of nitrogen functional groups attached to an aromatic ring is 1. The fourth-order valence-electron chi connectivity index (χ4n) is 3.38. The Kier molecular flexibility index (Phi) is 3.06. The smallest absolute Gasteiger partial charge is 0.224 e. The molecule has 4 nitrogen and oxygen atoms in total. The van der Waals surface area contributed by atoms with E-state index in [0.717, 1.165) is 36.4 Å². The maximum atomic E-state index is 6.11.